The molecule has 106 valence electrons. The zero-order valence-electron chi connectivity index (χ0n) is 11.4. The van der Waals surface area contributed by atoms with Gasteiger partial charge in [-0.05, 0) is 43.5 Å². The van der Waals surface area contributed by atoms with Crippen LogP contribution in [-0.2, 0) is 4.79 Å². The molecule has 0 unspecified atom stereocenters. The van der Waals surface area contributed by atoms with Crippen molar-refractivity contribution in [1.82, 2.24) is 9.88 Å². The van der Waals surface area contributed by atoms with E-state index >= 15 is 0 Å². The summed E-state index contributed by atoms with van der Waals surface area (Å²) in [5.74, 6) is 0.717. The standard InChI is InChI=1S/C14H15BrN2S.CH2O/c1-17-7-14(8-17)5-9(6-14)13-16-11-4-10(15)2-3-12(11)18-13;1-2/h2-4,9H,5-8H2,1H3;1H2. The molecule has 5 heteroatoms. The Morgan fingerprint density at radius 3 is 2.75 bits per heavy atom. The van der Waals surface area contributed by atoms with Gasteiger partial charge in [-0.25, -0.2) is 4.98 Å². The van der Waals surface area contributed by atoms with Crippen LogP contribution in [-0.4, -0.2) is 36.8 Å². The largest absolute Gasteiger partial charge is 0.307 e. The van der Waals surface area contributed by atoms with Crippen LogP contribution in [0.4, 0.5) is 0 Å². The summed E-state index contributed by atoms with van der Waals surface area (Å²) in [6.45, 7) is 4.58. The predicted octanol–water partition coefficient (Wildman–Crippen LogP) is 3.68. The Labute approximate surface area is 131 Å². The van der Waals surface area contributed by atoms with Crippen LogP contribution in [0.15, 0.2) is 22.7 Å². The molecule has 3 nitrogen and oxygen atoms in total. The highest BCUT2D eigenvalue weighted by Crippen LogP contribution is 2.56. The fourth-order valence-electron chi connectivity index (χ4n) is 3.61. The van der Waals surface area contributed by atoms with E-state index in [9.17, 15) is 0 Å². The van der Waals surface area contributed by atoms with E-state index in [1.165, 1.54) is 35.6 Å². The average molecular weight is 353 g/mol. The first-order chi connectivity index (χ1) is 9.63. The number of aromatic nitrogens is 1. The molecule has 0 N–H and O–H groups in total. The molecular formula is C15H17BrN2OS. The normalized spacial score (nSPS) is 21.1. The van der Waals surface area contributed by atoms with Gasteiger partial charge in [0, 0.05) is 23.5 Å². The number of rotatable bonds is 1. The Morgan fingerprint density at radius 2 is 2.10 bits per heavy atom. The Bertz CT molecular complexity index is 628. The molecule has 0 radical (unpaired) electrons. The van der Waals surface area contributed by atoms with Gasteiger partial charge < -0.3 is 9.69 Å². The maximum absolute atomic E-state index is 8.00. The van der Waals surface area contributed by atoms with Crippen LogP contribution in [0.5, 0.6) is 0 Å². The van der Waals surface area contributed by atoms with Crippen molar-refractivity contribution in [3.8, 4) is 0 Å². The van der Waals surface area contributed by atoms with Crippen molar-refractivity contribution in [1.29, 1.82) is 0 Å². The van der Waals surface area contributed by atoms with E-state index in [1.807, 2.05) is 18.1 Å². The van der Waals surface area contributed by atoms with E-state index in [0.717, 1.165) is 15.9 Å². The molecule has 1 aliphatic carbocycles. The van der Waals surface area contributed by atoms with Crippen LogP contribution < -0.4 is 0 Å². The Balaban J connectivity index is 0.000000581. The zero-order valence-corrected chi connectivity index (χ0v) is 13.8. The summed E-state index contributed by atoms with van der Waals surface area (Å²) in [4.78, 5) is 15.2. The lowest BCUT2D eigenvalue weighted by Gasteiger charge is -2.58. The van der Waals surface area contributed by atoms with Gasteiger partial charge in [0.15, 0.2) is 0 Å². The van der Waals surface area contributed by atoms with Gasteiger partial charge in [0.1, 0.15) is 6.79 Å². The molecule has 2 fully saturated rings. The molecule has 1 aromatic carbocycles. The number of halogens is 1. The highest BCUT2D eigenvalue weighted by atomic mass is 79.9. The van der Waals surface area contributed by atoms with Crippen LogP contribution in [0.3, 0.4) is 0 Å². The maximum Gasteiger partial charge on any atom is 0.106 e. The van der Waals surface area contributed by atoms with Crippen molar-refractivity contribution in [3.63, 3.8) is 0 Å². The summed E-state index contributed by atoms with van der Waals surface area (Å²) in [6.07, 6.45) is 2.69. The SMILES string of the molecule is C=O.CN1CC2(CC(c3nc4cc(Br)ccc4s3)C2)C1. The van der Waals surface area contributed by atoms with Crippen molar-refractivity contribution in [2.45, 2.75) is 18.8 Å². The summed E-state index contributed by atoms with van der Waals surface area (Å²) in [5.41, 5.74) is 1.80. The van der Waals surface area contributed by atoms with Gasteiger partial charge in [0.25, 0.3) is 0 Å². The minimum Gasteiger partial charge on any atom is -0.307 e. The van der Waals surface area contributed by atoms with Gasteiger partial charge >= 0.3 is 0 Å². The fraction of sp³-hybridized carbons (Fsp3) is 0.467. The summed E-state index contributed by atoms with van der Waals surface area (Å²) < 4.78 is 2.44. The second-order valence-electron chi connectivity index (χ2n) is 5.94. The van der Waals surface area contributed by atoms with E-state index < -0.39 is 0 Å². The minimum atomic E-state index is 0.651. The minimum absolute atomic E-state index is 0.651. The summed E-state index contributed by atoms with van der Waals surface area (Å²) in [6, 6.07) is 6.40. The maximum atomic E-state index is 8.00. The number of carbonyl (C=O) groups is 1. The van der Waals surface area contributed by atoms with E-state index in [-0.39, 0.29) is 0 Å². The van der Waals surface area contributed by atoms with Crippen molar-refractivity contribution in [2.24, 2.45) is 5.41 Å². The number of thiazole rings is 1. The lowest BCUT2D eigenvalue weighted by atomic mass is 9.58. The molecule has 0 bridgehead atoms. The highest BCUT2D eigenvalue weighted by Gasteiger charge is 2.52. The second kappa shape index (κ2) is 5.20. The summed E-state index contributed by atoms with van der Waals surface area (Å²) in [7, 11) is 2.22. The fourth-order valence-corrected chi connectivity index (χ4v) is 5.01. The number of hydrogen-bond donors (Lipinski definition) is 0. The van der Waals surface area contributed by atoms with Gasteiger partial charge in [-0.3, -0.25) is 0 Å². The second-order valence-corrected chi connectivity index (χ2v) is 7.92. The molecule has 1 saturated carbocycles. The van der Waals surface area contributed by atoms with E-state index in [0.29, 0.717) is 5.41 Å². The van der Waals surface area contributed by atoms with Crippen LogP contribution in [0.1, 0.15) is 23.8 Å². The van der Waals surface area contributed by atoms with Crippen LogP contribution in [0, 0.1) is 5.41 Å². The molecule has 20 heavy (non-hydrogen) atoms. The summed E-state index contributed by atoms with van der Waals surface area (Å²) >= 11 is 5.39. The first kappa shape index (κ1) is 14.2. The Kier molecular flexibility index (Phi) is 3.69. The predicted molar refractivity (Wildman–Crippen MR) is 86.3 cm³/mol. The summed E-state index contributed by atoms with van der Waals surface area (Å²) in [5, 5.41) is 1.35. The van der Waals surface area contributed by atoms with E-state index in [4.69, 9.17) is 9.78 Å². The van der Waals surface area contributed by atoms with E-state index in [1.54, 1.807) is 0 Å². The third kappa shape index (κ3) is 2.32. The molecule has 1 aliphatic heterocycles. The Morgan fingerprint density at radius 1 is 1.40 bits per heavy atom. The van der Waals surface area contributed by atoms with Gasteiger partial charge in [-0.2, -0.15) is 0 Å². The van der Waals surface area contributed by atoms with Gasteiger partial charge in [-0.15, -0.1) is 11.3 Å². The lowest BCUT2D eigenvalue weighted by molar-refractivity contribution is -0.0979. The van der Waals surface area contributed by atoms with Crippen molar-refractivity contribution in [2.75, 3.05) is 20.1 Å². The molecule has 1 saturated heterocycles. The zero-order chi connectivity index (χ0) is 14.3. The molecule has 0 amide bonds. The molecule has 1 spiro atoms. The van der Waals surface area contributed by atoms with Gasteiger partial charge in [0.05, 0.1) is 15.2 Å². The first-order valence-electron chi connectivity index (χ1n) is 6.67. The van der Waals surface area contributed by atoms with Crippen LogP contribution in [0.2, 0.25) is 0 Å². The van der Waals surface area contributed by atoms with Crippen LogP contribution in [0.25, 0.3) is 10.2 Å². The lowest BCUT2D eigenvalue weighted by Crippen LogP contribution is -2.59. The van der Waals surface area contributed by atoms with E-state index in [2.05, 4.69) is 46.1 Å². The third-order valence-corrected chi connectivity index (χ3v) is 5.98. The monoisotopic (exact) mass is 352 g/mol. The first-order valence-corrected chi connectivity index (χ1v) is 8.28. The Hall–Kier alpha value is -0.780. The number of benzene rings is 1. The van der Waals surface area contributed by atoms with Crippen molar-refractivity contribution in [3.05, 3.63) is 27.7 Å². The number of fused-ring (bicyclic) bond motifs is 1. The van der Waals surface area contributed by atoms with Crippen molar-refractivity contribution >= 4 is 44.3 Å². The molecular weight excluding hydrogens is 336 g/mol. The highest BCUT2D eigenvalue weighted by molar-refractivity contribution is 9.10. The number of hydrogen-bond acceptors (Lipinski definition) is 4. The number of likely N-dealkylation sites (tertiary alicyclic amines) is 1. The van der Waals surface area contributed by atoms with Gasteiger partial charge in [0.2, 0.25) is 0 Å². The third-order valence-electron chi connectivity index (χ3n) is 4.28. The van der Waals surface area contributed by atoms with Gasteiger partial charge in [-0.1, -0.05) is 15.9 Å². The number of nitrogens with zero attached hydrogens (tertiary/aromatic N) is 2. The molecule has 4 rings (SSSR count). The topological polar surface area (TPSA) is 33.2 Å². The molecule has 2 aliphatic rings. The smallest absolute Gasteiger partial charge is 0.106 e. The molecule has 0 atom stereocenters. The van der Waals surface area contributed by atoms with Crippen LogP contribution >= 0.6 is 27.3 Å². The molecule has 1 aromatic heterocycles. The quantitative estimate of drug-likeness (QED) is 0.784. The van der Waals surface area contributed by atoms with Crippen molar-refractivity contribution < 1.29 is 4.79 Å². The number of carbonyl (C=O) groups excluding carboxylic acids is 1. The molecule has 2 aromatic rings. The average Bonchev–Trinajstić information content (AvgIpc) is 2.76. The molecule has 2 heterocycles.